The fraction of sp³-hybridized carbons (Fsp3) is 0.0714. The molecule has 0 unspecified atom stereocenters. The predicted octanol–water partition coefficient (Wildman–Crippen LogP) is 2.52. The molecule has 2 aromatic heterocycles. The number of hydrogen-bond donors (Lipinski definition) is 0. The Hall–Kier alpha value is -2.21. The summed E-state index contributed by atoms with van der Waals surface area (Å²) in [7, 11) is 0. The number of rotatable bonds is 3. The molecule has 1 aromatic carbocycles. The summed E-state index contributed by atoms with van der Waals surface area (Å²) in [6.07, 6.45) is 1.61. The summed E-state index contributed by atoms with van der Waals surface area (Å²) < 4.78 is 14.9. The molecule has 0 bridgehead atoms. The summed E-state index contributed by atoms with van der Waals surface area (Å²) in [5, 5.41) is 0.351. The molecule has 2 heterocycles. The normalized spacial score (nSPS) is 10.8. The van der Waals surface area contributed by atoms with Crippen molar-refractivity contribution in [2.75, 3.05) is 0 Å². The van der Waals surface area contributed by atoms with Crippen LogP contribution in [-0.4, -0.2) is 14.4 Å². The Balaban J connectivity index is 1.88. The number of thioether (sulfide) groups is 1. The highest BCUT2D eigenvalue weighted by Crippen LogP contribution is 2.20. The molecule has 0 aliphatic heterocycles. The van der Waals surface area contributed by atoms with Crippen molar-refractivity contribution >= 4 is 17.4 Å². The van der Waals surface area contributed by atoms with E-state index in [0.29, 0.717) is 22.1 Å². The van der Waals surface area contributed by atoms with Crippen molar-refractivity contribution in [1.82, 2.24) is 14.4 Å². The van der Waals surface area contributed by atoms with Gasteiger partial charge in [-0.2, -0.15) is 4.98 Å². The van der Waals surface area contributed by atoms with Crippen molar-refractivity contribution in [3.63, 3.8) is 0 Å². The first-order valence-electron chi connectivity index (χ1n) is 5.96. The van der Waals surface area contributed by atoms with E-state index >= 15 is 0 Å². The van der Waals surface area contributed by atoms with Gasteiger partial charge >= 0.3 is 5.69 Å². The average Bonchev–Trinajstić information content (AvgIpc) is 2.46. The van der Waals surface area contributed by atoms with Crippen LogP contribution in [0, 0.1) is 5.82 Å². The number of benzene rings is 1. The van der Waals surface area contributed by atoms with Crippen molar-refractivity contribution in [2.24, 2.45) is 0 Å². The molecule has 0 atom stereocenters. The third kappa shape index (κ3) is 2.55. The Morgan fingerprint density at radius 3 is 2.75 bits per heavy atom. The molecule has 0 radical (unpaired) electrons. The van der Waals surface area contributed by atoms with Crippen molar-refractivity contribution in [2.45, 2.75) is 10.9 Å². The van der Waals surface area contributed by atoms with E-state index < -0.39 is 0 Å². The summed E-state index contributed by atoms with van der Waals surface area (Å²) in [6.45, 7) is 0. The fourth-order valence-corrected chi connectivity index (χ4v) is 2.59. The van der Waals surface area contributed by atoms with Crippen LogP contribution in [0.1, 0.15) is 5.56 Å². The summed E-state index contributed by atoms with van der Waals surface area (Å²) in [6, 6.07) is 11.8. The molecule has 0 fully saturated rings. The van der Waals surface area contributed by atoms with Crippen molar-refractivity contribution in [3.8, 4) is 0 Å². The van der Waals surface area contributed by atoms with Crippen LogP contribution in [-0.2, 0) is 5.75 Å². The van der Waals surface area contributed by atoms with Crippen LogP contribution in [0.3, 0.4) is 0 Å². The summed E-state index contributed by atoms with van der Waals surface area (Å²) in [4.78, 5) is 20.0. The lowest BCUT2D eigenvalue weighted by molar-refractivity contribution is 0.617. The lowest BCUT2D eigenvalue weighted by atomic mass is 10.2. The Morgan fingerprint density at radius 2 is 1.90 bits per heavy atom. The molecule has 3 aromatic rings. The van der Waals surface area contributed by atoms with Crippen LogP contribution < -0.4 is 5.69 Å². The number of halogens is 1. The van der Waals surface area contributed by atoms with E-state index in [9.17, 15) is 9.18 Å². The van der Waals surface area contributed by atoms with Gasteiger partial charge in [0.25, 0.3) is 0 Å². The third-order valence-corrected chi connectivity index (χ3v) is 3.66. The maximum atomic E-state index is 13.5. The van der Waals surface area contributed by atoms with Gasteiger partial charge in [-0.05, 0) is 23.8 Å². The smallest absolute Gasteiger partial charge is 0.251 e. The highest BCUT2D eigenvalue weighted by Gasteiger charge is 2.06. The summed E-state index contributed by atoms with van der Waals surface area (Å²) in [5.74, 6) is 0.118. The first kappa shape index (κ1) is 12.8. The van der Waals surface area contributed by atoms with Gasteiger partial charge in [-0.25, -0.2) is 14.2 Å². The van der Waals surface area contributed by atoms with Gasteiger partial charge in [0.05, 0.1) is 0 Å². The molecule has 0 aliphatic carbocycles. The van der Waals surface area contributed by atoms with Crippen LogP contribution in [0.15, 0.2) is 58.6 Å². The zero-order valence-corrected chi connectivity index (χ0v) is 11.2. The highest BCUT2D eigenvalue weighted by molar-refractivity contribution is 7.98. The largest absolute Gasteiger partial charge is 0.355 e. The van der Waals surface area contributed by atoms with Crippen LogP contribution in [0.25, 0.3) is 5.65 Å². The standard InChI is InChI=1S/C14H10FN3OS/c15-11-6-2-1-5-10(11)9-20-13-16-12-7-3-4-8-18(12)14(19)17-13/h1-8H,9H2. The Labute approximate surface area is 118 Å². The molecule has 100 valence electrons. The number of fused-ring (bicyclic) bond motifs is 1. The number of nitrogens with zero attached hydrogens (tertiary/aromatic N) is 3. The Morgan fingerprint density at radius 1 is 1.10 bits per heavy atom. The van der Waals surface area contributed by atoms with Gasteiger partial charge in [-0.3, -0.25) is 4.40 Å². The number of aromatic nitrogens is 3. The van der Waals surface area contributed by atoms with E-state index in [0.717, 1.165) is 0 Å². The second kappa shape index (κ2) is 5.42. The molecule has 0 amide bonds. The van der Waals surface area contributed by atoms with Crippen molar-refractivity contribution in [3.05, 3.63) is 70.5 Å². The monoisotopic (exact) mass is 287 g/mol. The van der Waals surface area contributed by atoms with E-state index in [4.69, 9.17) is 0 Å². The van der Waals surface area contributed by atoms with Gasteiger partial charge in [0.15, 0.2) is 5.16 Å². The van der Waals surface area contributed by atoms with Gasteiger partial charge in [0.1, 0.15) is 11.5 Å². The molecule has 3 rings (SSSR count). The predicted molar refractivity (Wildman–Crippen MR) is 75.2 cm³/mol. The molecule has 6 heteroatoms. The summed E-state index contributed by atoms with van der Waals surface area (Å²) in [5.41, 5.74) is 0.713. The van der Waals surface area contributed by atoms with E-state index in [1.54, 1.807) is 42.6 Å². The lowest BCUT2D eigenvalue weighted by Crippen LogP contribution is -2.18. The molecule has 0 N–H and O–H groups in total. The van der Waals surface area contributed by atoms with E-state index in [-0.39, 0.29) is 11.5 Å². The SMILES string of the molecule is O=c1nc(SCc2ccccc2F)nc2ccccn12. The number of hydrogen-bond acceptors (Lipinski definition) is 4. The van der Waals surface area contributed by atoms with Crippen LogP contribution in [0.4, 0.5) is 4.39 Å². The molecule has 4 nitrogen and oxygen atoms in total. The zero-order valence-electron chi connectivity index (χ0n) is 10.4. The van der Waals surface area contributed by atoms with Crippen LogP contribution in [0.5, 0.6) is 0 Å². The fourth-order valence-electron chi connectivity index (χ4n) is 1.77. The molecule has 0 saturated carbocycles. The van der Waals surface area contributed by atoms with E-state index in [1.165, 1.54) is 22.2 Å². The Bertz CT molecular complexity index is 819. The van der Waals surface area contributed by atoms with Crippen molar-refractivity contribution < 1.29 is 4.39 Å². The highest BCUT2D eigenvalue weighted by atomic mass is 32.2. The molecule has 0 aliphatic rings. The molecule has 0 saturated heterocycles. The van der Waals surface area contributed by atoms with Crippen LogP contribution in [0.2, 0.25) is 0 Å². The minimum atomic E-state index is -0.383. The number of pyridine rings is 1. The third-order valence-electron chi connectivity index (χ3n) is 2.76. The minimum absolute atomic E-state index is 0.266. The maximum Gasteiger partial charge on any atom is 0.355 e. The average molecular weight is 287 g/mol. The van der Waals surface area contributed by atoms with Gasteiger partial charge < -0.3 is 0 Å². The quantitative estimate of drug-likeness (QED) is 0.694. The first-order valence-corrected chi connectivity index (χ1v) is 6.94. The van der Waals surface area contributed by atoms with Gasteiger partial charge in [-0.1, -0.05) is 36.0 Å². The molecule has 0 spiro atoms. The molecular formula is C14H10FN3OS. The van der Waals surface area contributed by atoms with Gasteiger partial charge in [0.2, 0.25) is 0 Å². The van der Waals surface area contributed by atoms with E-state index in [1.807, 2.05) is 0 Å². The lowest BCUT2D eigenvalue weighted by Gasteiger charge is -2.03. The Kier molecular flexibility index (Phi) is 3.47. The second-order valence-electron chi connectivity index (χ2n) is 4.10. The maximum absolute atomic E-state index is 13.5. The second-order valence-corrected chi connectivity index (χ2v) is 5.04. The molecule has 20 heavy (non-hydrogen) atoms. The van der Waals surface area contributed by atoms with Gasteiger partial charge in [-0.15, -0.1) is 0 Å². The topological polar surface area (TPSA) is 47.3 Å². The molecular weight excluding hydrogens is 277 g/mol. The first-order chi connectivity index (χ1) is 9.74. The van der Waals surface area contributed by atoms with E-state index in [2.05, 4.69) is 9.97 Å². The minimum Gasteiger partial charge on any atom is -0.251 e. The van der Waals surface area contributed by atoms with Crippen molar-refractivity contribution in [1.29, 1.82) is 0 Å². The summed E-state index contributed by atoms with van der Waals surface area (Å²) >= 11 is 1.24. The van der Waals surface area contributed by atoms with Crippen LogP contribution >= 0.6 is 11.8 Å². The zero-order chi connectivity index (χ0) is 13.9. The van der Waals surface area contributed by atoms with Gasteiger partial charge in [0, 0.05) is 11.9 Å².